The topological polar surface area (TPSA) is 21.3 Å². The molecule has 1 saturated carbocycles. The average molecular weight is 255 g/mol. The van der Waals surface area contributed by atoms with Crippen LogP contribution in [0.2, 0.25) is 0 Å². The third kappa shape index (κ3) is 2.67. The van der Waals surface area contributed by atoms with Crippen molar-refractivity contribution in [2.75, 3.05) is 13.7 Å². The standard InChI is InChI=1S/C17H21NO/c1-19-17-7-6-13(10-14-8-9-18-12-14)11-16(17)15-4-2-3-5-15/h6-11,15,18H,2-5,12H2,1H3. The first kappa shape index (κ1) is 12.3. The summed E-state index contributed by atoms with van der Waals surface area (Å²) in [6, 6.07) is 6.58. The summed E-state index contributed by atoms with van der Waals surface area (Å²) in [5, 5.41) is 3.21. The second-order valence-corrected chi connectivity index (χ2v) is 5.42. The normalized spacial score (nSPS) is 21.0. The summed E-state index contributed by atoms with van der Waals surface area (Å²) in [6.45, 7) is 0.935. The van der Waals surface area contributed by atoms with E-state index in [-0.39, 0.29) is 0 Å². The third-order valence-corrected chi connectivity index (χ3v) is 4.12. The number of rotatable bonds is 3. The maximum absolute atomic E-state index is 5.54. The molecule has 1 aliphatic heterocycles. The van der Waals surface area contributed by atoms with Crippen LogP contribution in [0, 0.1) is 0 Å². The van der Waals surface area contributed by atoms with E-state index in [1.807, 2.05) is 6.20 Å². The molecule has 19 heavy (non-hydrogen) atoms. The molecule has 0 radical (unpaired) electrons. The maximum atomic E-state index is 5.54. The lowest BCUT2D eigenvalue weighted by Crippen LogP contribution is -2.00. The second kappa shape index (κ2) is 5.52. The Balaban J connectivity index is 1.92. The van der Waals surface area contributed by atoms with Crippen molar-refractivity contribution < 1.29 is 4.74 Å². The van der Waals surface area contributed by atoms with Crippen LogP contribution in [0.5, 0.6) is 5.75 Å². The van der Waals surface area contributed by atoms with Crippen LogP contribution in [0.1, 0.15) is 42.7 Å². The zero-order chi connectivity index (χ0) is 13.1. The quantitative estimate of drug-likeness (QED) is 0.885. The van der Waals surface area contributed by atoms with Crippen molar-refractivity contribution in [1.82, 2.24) is 5.32 Å². The van der Waals surface area contributed by atoms with Crippen molar-refractivity contribution in [2.24, 2.45) is 0 Å². The van der Waals surface area contributed by atoms with E-state index in [2.05, 4.69) is 35.7 Å². The van der Waals surface area contributed by atoms with Crippen LogP contribution in [0.15, 0.2) is 36.0 Å². The van der Waals surface area contributed by atoms with E-state index < -0.39 is 0 Å². The van der Waals surface area contributed by atoms with Gasteiger partial charge in [0.2, 0.25) is 0 Å². The molecule has 1 heterocycles. The van der Waals surface area contributed by atoms with E-state index in [1.54, 1.807) is 7.11 Å². The van der Waals surface area contributed by atoms with E-state index in [9.17, 15) is 0 Å². The molecule has 0 unspecified atom stereocenters. The van der Waals surface area contributed by atoms with Gasteiger partial charge in [-0.15, -0.1) is 0 Å². The zero-order valence-electron chi connectivity index (χ0n) is 11.5. The Morgan fingerprint density at radius 3 is 2.79 bits per heavy atom. The molecular formula is C17H21NO. The summed E-state index contributed by atoms with van der Waals surface area (Å²) in [6.07, 6.45) is 11.7. The minimum Gasteiger partial charge on any atom is -0.496 e. The van der Waals surface area contributed by atoms with Crippen molar-refractivity contribution in [3.8, 4) is 5.75 Å². The molecule has 2 aliphatic rings. The lowest BCUT2D eigenvalue weighted by molar-refractivity contribution is 0.405. The van der Waals surface area contributed by atoms with Gasteiger partial charge in [-0.25, -0.2) is 0 Å². The number of ether oxygens (including phenoxy) is 1. The first-order valence-electron chi connectivity index (χ1n) is 7.15. The highest BCUT2D eigenvalue weighted by atomic mass is 16.5. The highest BCUT2D eigenvalue weighted by molar-refractivity contribution is 5.60. The average Bonchev–Trinajstić information content (AvgIpc) is 3.11. The molecule has 3 rings (SSSR count). The van der Waals surface area contributed by atoms with Gasteiger partial charge in [0.05, 0.1) is 7.11 Å². The minimum absolute atomic E-state index is 0.686. The van der Waals surface area contributed by atoms with Crippen LogP contribution in [-0.2, 0) is 0 Å². The molecule has 1 N–H and O–H groups in total. The van der Waals surface area contributed by atoms with Gasteiger partial charge in [0.1, 0.15) is 5.75 Å². The maximum Gasteiger partial charge on any atom is 0.122 e. The Bertz CT molecular complexity index is 510. The van der Waals surface area contributed by atoms with Gasteiger partial charge in [-0.05, 0) is 65.9 Å². The van der Waals surface area contributed by atoms with E-state index >= 15 is 0 Å². The number of nitrogens with one attached hydrogen (secondary N) is 1. The molecule has 1 fully saturated rings. The highest BCUT2D eigenvalue weighted by Crippen LogP contribution is 2.39. The summed E-state index contributed by atoms with van der Waals surface area (Å²) >= 11 is 0. The fourth-order valence-electron chi connectivity index (χ4n) is 3.11. The Morgan fingerprint density at radius 1 is 1.26 bits per heavy atom. The summed E-state index contributed by atoms with van der Waals surface area (Å²) < 4.78 is 5.54. The largest absolute Gasteiger partial charge is 0.496 e. The molecule has 2 nitrogen and oxygen atoms in total. The predicted octanol–water partition coefficient (Wildman–Crippen LogP) is 3.85. The van der Waals surface area contributed by atoms with Crippen molar-refractivity contribution in [3.63, 3.8) is 0 Å². The smallest absolute Gasteiger partial charge is 0.122 e. The molecule has 0 spiro atoms. The van der Waals surface area contributed by atoms with Gasteiger partial charge in [0, 0.05) is 6.54 Å². The van der Waals surface area contributed by atoms with Gasteiger partial charge >= 0.3 is 0 Å². The number of methoxy groups -OCH3 is 1. The van der Waals surface area contributed by atoms with Crippen LogP contribution < -0.4 is 10.1 Å². The fourth-order valence-corrected chi connectivity index (χ4v) is 3.11. The van der Waals surface area contributed by atoms with Crippen molar-refractivity contribution in [1.29, 1.82) is 0 Å². The molecule has 1 aromatic rings. The fraction of sp³-hybridized carbons (Fsp3) is 0.412. The number of benzene rings is 1. The van der Waals surface area contributed by atoms with Crippen molar-refractivity contribution in [2.45, 2.75) is 31.6 Å². The summed E-state index contributed by atoms with van der Waals surface area (Å²) in [4.78, 5) is 0. The third-order valence-electron chi connectivity index (χ3n) is 4.12. The first-order valence-corrected chi connectivity index (χ1v) is 7.15. The van der Waals surface area contributed by atoms with Gasteiger partial charge in [0.25, 0.3) is 0 Å². The molecule has 0 bridgehead atoms. The lowest BCUT2D eigenvalue weighted by atomic mass is 9.94. The van der Waals surface area contributed by atoms with E-state index in [0.717, 1.165) is 12.3 Å². The van der Waals surface area contributed by atoms with Gasteiger partial charge in [-0.1, -0.05) is 18.9 Å². The van der Waals surface area contributed by atoms with Crippen LogP contribution >= 0.6 is 0 Å². The monoisotopic (exact) mass is 255 g/mol. The lowest BCUT2D eigenvalue weighted by Gasteiger charge is -2.15. The van der Waals surface area contributed by atoms with Gasteiger partial charge in [0.15, 0.2) is 0 Å². The SMILES string of the molecule is COc1ccc(C=C2C=CNC2)cc1C1CCCC1. The van der Waals surface area contributed by atoms with E-state index in [4.69, 9.17) is 4.74 Å². The Labute approximate surface area is 115 Å². The number of hydrogen-bond acceptors (Lipinski definition) is 2. The predicted molar refractivity (Wildman–Crippen MR) is 79.3 cm³/mol. The molecule has 2 heteroatoms. The van der Waals surface area contributed by atoms with Crippen molar-refractivity contribution >= 4 is 6.08 Å². The molecule has 0 saturated heterocycles. The van der Waals surface area contributed by atoms with Crippen LogP contribution in [0.3, 0.4) is 0 Å². The molecule has 0 amide bonds. The molecule has 1 aromatic carbocycles. The Hall–Kier alpha value is -1.70. The van der Waals surface area contributed by atoms with E-state index in [1.165, 1.54) is 42.4 Å². The molecule has 100 valence electrons. The van der Waals surface area contributed by atoms with Gasteiger partial charge in [-0.2, -0.15) is 0 Å². The molecule has 0 atom stereocenters. The summed E-state index contributed by atoms with van der Waals surface area (Å²) in [7, 11) is 1.77. The number of hydrogen-bond donors (Lipinski definition) is 1. The minimum atomic E-state index is 0.686. The van der Waals surface area contributed by atoms with Crippen LogP contribution in [0.4, 0.5) is 0 Å². The van der Waals surface area contributed by atoms with Crippen LogP contribution in [-0.4, -0.2) is 13.7 Å². The summed E-state index contributed by atoms with van der Waals surface area (Å²) in [5.41, 5.74) is 4.01. The van der Waals surface area contributed by atoms with Crippen LogP contribution in [0.25, 0.3) is 6.08 Å². The van der Waals surface area contributed by atoms with Gasteiger partial charge < -0.3 is 10.1 Å². The van der Waals surface area contributed by atoms with Crippen molar-refractivity contribution in [3.05, 3.63) is 47.2 Å². The Morgan fingerprint density at radius 2 is 2.11 bits per heavy atom. The molecule has 0 aromatic heterocycles. The second-order valence-electron chi connectivity index (χ2n) is 5.42. The van der Waals surface area contributed by atoms with E-state index in [0.29, 0.717) is 5.92 Å². The Kier molecular flexibility index (Phi) is 3.58. The highest BCUT2D eigenvalue weighted by Gasteiger charge is 2.20. The zero-order valence-corrected chi connectivity index (χ0v) is 11.5. The van der Waals surface area contributed by atoms with Gasteiger partial charge in [-0.3, -0.25) is 0 Å². The first-order chi connectivity index (χ1) is 9.36. The molecular weight excluding hydrogens is 234 g/mol. The summed E-state index contributed by atoms with van der Waals surface area (Å²) in [5.74, 6) is 1.74. The molecule has 1 aliphatic carbocycles.